The Labute approximate surface area is 79.8 Å². The van der Waals surface area contributed by atoms with Crippen LogP contribution in [0.15, 0.2) is 29.2 Å². The minimum atomic E-state index is -0.170. The van der Waals surface area contributed by atoms with E-state index >= 15 is 0 Å². The third kappa shape index (κ3) is 1.31. The molecule has 0 aliphatic rings. The number of nitrogens with zero attached hydrogens (tertiary/aromatic N) is 2. The molecule has 0 aromatic carbocycles. The van der Waals surface area contributed by atoms with Crippen molar-refractivity contribution in [3.05, 3.63) is 46.0 Å². The first kappa shape index (κ1) is 8.62. The summed E-state index contributed by atoms with van der Waals surface area (Å²) < 4.78 is 1.36. The smallest absolute Gasteiger partial charge is 0.258 e. The Hall–Kier alpha value is -1.97. The molecular formula is C10H8N2O2. The van der Waals surface area contributed by atoms with Crippen LogP contribution in [0.5, 0.6) is 0 Å². The van der Waals surface area contributed by atoms with Crippen LogP contribution in [0.4, 0.5) is 0 Å². The Morgan fingerprint density at radius 2 is 2.21 bits per heavy atom. The first-order valence-corrected chi connectivity index (χ1v) is 4.16. The standard InChI is InChI=1S/C10H8N2O2/c1-7-4-10(14)12-5-8(6-13)2-3-9(12)11-7/h2-6H,1H3. The summed E-state index contributed by atoms with van der Waals surface area (Å²) in [6.07, 6.45) is 2.18. The van der Waals surface area contributed by atoms with Gasteiger partial charge in [-0.1, -0.05) is 0 Å². The van der Waals surface area contributed by atoms with Gasteiger partial charge in [0.2, 0.25) is 0 Å². The third-order valence-corrected chi connectivity index (χ3v) is 1.95. The zero-order chi connectivity index (χ0) is 10.1. The number of carbonyl (C=O) groups is 1. The summed E-state index contributed by atoms with van der Waals surface area (Å²) in [4.78, 5) is 26.1. The van der Waals surface area contributed by atoms with Crippen molar-refractivity contribution >= 4 is 11.9 Å². The third-order valence-electron chi connectivity index (χ3n) is 1.95. The van der Waals surface area contributed by atoms with Crippen molar-refractivity contribution in [2.45, 2.75) is 6.92 Å². The minimum absolute atomic E-state index is 0.170. The maximum atomic E-state index is 11.5. The highest BCUT2D eigenvalue weighted by Gasteiger charge is 1.99. The Morgan fingerprint density at radius 1 is 1.43 bits per heavy atom. The fourth-order valence-corrected chi connectivity index (χ4v) is 1.31. The first-order valence-electron chi connectivity index (χ1n) is 4.16. The molecule has 0 saturated carbocycles. The van der Waals surface area contributed by atoms with Gasteiger partial charge in [-0.05, 0) is 19.1 Å². The van der Waals surface area contributed by atoms with Crippen LogP contribution in [-0.2, 0) is 0 Å². The van der Waals surface area contributed by atoms with Crippen LogP contribution >= 0.6 is 0 Å². The SMILES string of the molecule is Cc1cc(=O)n2cc(C=O)ccc2n1. The van der Waals surface area contributed by atoms with Crippen molar-refractivity contribution in [2.24, 2.45) is 0 Å². The molecule has 4 heteroatoms. The summed E-state index contributed by atoms with van der Waals surface area (Å²) in [5.74, 6) is 0. The average molecular weight is 188 g/mol. The molecule has 0 N–H and O–H groups in total. The molecule has 70 valence electrons. The number of hydrogen-bond acceptors (Lipinski definition) is 3. The fourth-order valence-electron chi connectivity index (χ4n) is 1.31. The summed E-state index contributed by atoms with van der Waals surface area (Å²) in [7, 11) is 0. The lowest BCUT2D eigenvalue weighted by Crippen LogP contribution is -2.14. The summed E-state index contributed by atoms with van der Waals surface area (Å²) >= 11 is 0. The van der Waals surface area contributed by atoms with E-state index in [1.807, 2.05) is 0 Å². The van der Waals surface area contributed by atoms with Gasteiger partial charge in [-0.15, -0.1) is 0 Å². The lowest BCUT2D eigenvalue weighted by Gasteiger charge is -2.00. The zero-order valence-electron chi connectivity index (χ0n) is 7.60. The van der Waals surface area contributed by atoms with Crippen molar-refractivity contribution in [1.29, 1.82) is 0 Å². The van der Waals surface area contributed by atoms with E-state index in [-0.39, 0.29) is 5.56 Å². The molecule has 2 aromatic heterocycles. The van der Waals surface area contributed by atoms with Crippen LogP contribution in [-0.4, -0.2) is 15.7 Å². The first-order chi connectivity index (χ1) is 6.70. The van der Waals surface area contributed by atoms with Gasteiger partial charge >= 0.3 is 0 Å². The van der Waals surface area contributed by atoms with E-state index in [1.165, 1.54) is 16.7 Å². The maximum Gasteiger partial charge on any atom is 0.258 e. The van der Waals surface area contributed by atoms with Gasteiger partial charge in [0.1, 0.15) is 5.65 Å². The van der Waals surface area contributed by atoms with Crippen molar-refractivity contribution in [2.75, 3.05) is 0 Å². The van der Waals surface area contributed by atoms with E-state index in [0.717, 1.165) is 0 Å². The molecule has 0 aliphatic carbocycles. The van der Waals surface area contributed by atoms with Gasteiger partial charge in [0.15, 0.2) is 6.29 Å². The second-order valence-corrected chi connectivity index (χ2v) is 3.04. The van der Waals surface area contributed by atoms with Gasteiger partial charge in [-0.25, -0.2) is 4.98 Å². The van der Waals surface area contributed by atoms with Crippen LogP contribution in [0.1, 0.15) is 16.1 Å². The quantitative estimate of drug-likeness (QED) is 0.622. The maximum absolute atomic E-state index is 11.5. The Kier molecular flexibility index (Phi) is 1.89. The molecule has 0 atom stereocenters. The van der Waals surface area contributed by atoms with Gasteiger partial charge in [0.25, 0.3) is 5.56 Å². The number of aryl methyl sites for hydroxylation is 1. The second kappa shape index (κ2) is 3.06. The summed E-state index contributed by atoms with van der Waals surface area (Å²) in [6.45, 7) is 1.76. The molecule has 2 aromatic rings. The van der Waals surface area contributed by atoms with E-state index in [1.54, 1.807) is 19.1 Å². The lowest BCUT2D eigenvalue weighted by molar-refractivity contribution is 0.112. The topological polar surface area (TPSA) is 51.4 Å². The highest BCUT2D eigenvalue weighted by Crippen LogP contribution is 2.00. The van der Waals surface area contributed by atoms with E-state index < -0.39 is 0 Å². The van der Waals surface area contributed by atoms with Crippen molar-refractivity contribution in [3.63, 3.8) is 0 Å². The molecule has 0 amide bonds. The monoisotopic (exact) mass is 188 g/mol. The highest BCUT2D eigenvalue weighted by molar-refractivity contribution is 5.74. The molecule has 0 bridgehead atoms. The fraction of sp³-hybridized carbons (Fsp3) is 0.100. The Bertz CT molecular complexity index is 558. The predicted molar refractivity (Wildman–Crippen MR) is 51.6 cm³/mol. The molecule has 0 aliphatic heterocycles. The van der Waals surface area contributed by atoms with Crippen molar-refractivity contribution < 1.29 is 4.79 Å². The number of pyridine rings is 1. The van der Waals surface area contributed by atoms with Crippen LogP contribution < -0.4 is 5.56 Å². The molecule has 0 saturated heterocycles. The van der Waals surface area contributed by atoms with Crippen LogP contribution in [0, 0.1) is 6.92 Å². The predicted octanol–water partition coefficient (Wildman–Crippen LogP) is 0.815. The van der Waals surface area contributed by atoms with Crippen LogP contribution in [0.2, 0.25) is 0 Å². The van der Waals surface area contributed by atoms with Crippen LogP contribution in [0.25, 0.3) is 5.65 Å². The van der Waals surface area contributed by atoms with Gasteiger partial charge in [-0.3, -0.25) is 14.0 Å². The van der Waals surface area contributed by atoms with E-state index in [0.29, 0.717) is 23.2 Å². The number of hydrogen-bond donors (Lipinski definition) is 0. The summed E-state index contributed by atoms with van der Waals surface area (Å²) in [5.41, 5.74) is 1.52. The zero-order valence-corrected chi connectivity index (χ0v) is 7.60. The Morgan fingerprint density at radius 3 is 2.93 bits per heavy atom. The van der Waals surface area contributed by atoms with E-state index in [9.17, 15) is 9.59 Å². The van der Waals surface area contributed by atoms with E-state index in [4.69, 9.17) is 0 Å². The molecule has 0 unspecified atom stereocenters. The molecule has 2 heterocycles. The van der Waals surface area contributed by atoms with Gasteiger partial charge in [0, 0.05) is 23.5 Å². The highest BCUT2D eigenvalue weighted by atomic mass is 16.1. The number of aromatic nitrogens is 2. The normalized spacial score (nSPS) is 10.4. The average Bonchev–Trinajstić information content (AvgIpc) is 2.17. The minimum Gasteiger partial charge on any atom is -0.298 e. The van der Waals surface area contributed by atoms with Crippen molar-refractivity contribution in [1.82, 2.24) is 9.38 Å². The molecule has 4 nitrogen and oxygen atoms in total. The molecule has 0 radical (unpaired) electrons. The van der Waals surface area contributed by atoms with Gasteiger partial charge in [-0.2, -0.15) is 0 Å². The second-order valence-electron chi connectivity index (χ2n) is 3.04. The molecule has 2 rings (SSSR count). The van der Waals surface area contributed by atoms with E-state index in [2.05, 4.69) is 4.98 Å². The van der Waals surface area contributed by atoms with Gasteiger partial charge < -0.3 is 0 Å². The number of fused-ring (bicyclic) bond motifs is 1. The number of rotatable bonds is 1. The summed E-state index contributed by atoms with van der Waals surface area (Å²) in [6, 6.07) is 4.72. The van der Waals surface area contributed by atoms with Crippen LogP contribution in [0.3, 0.4) is 0 Å². The number of carbonyl (C=O) groups excluding carboxylic acids is 1. The lowest BCUT2D eigenvalue weighted by atomic mass is 10.3. The van der Waals surface area contributed by atoms with Crippen molar-refractivity contribution in [3.8, 4) is 0 Å². The summed E-state index contributed by atoms with van der Waals surface area (Å²) in [5, 5.41) is 0. The Balaban J connectivity index is 2.89. The largest absolute Gasteiger partial charge is 0.298 e. The molecule has 14 heavy (non-hydrogen) atoms. The molecule has 0 spiro atoms. The van der Waals surface area contributed by atoms with Gasteiger partial charge in [0.05, 0.1) is 0 Å². The molecular weight excluding hydrogens is 180 g/mol. The number of aldehydes is 1. The molecule has 0 fully saturated rings.